The SMILES string of the molecule is Cc1c(C)n(-c2ccc(-c3cc4ccccc4c4ccccc34)cc2)c2cc3ccc(-c4ccc5ccccc5c4)cc3cc12.Cc1c(C)n(-c2ccc(-c3nc4ccccc4n3-c3ccccc3)cc2)c2cc3ccc(-c4ccc5ccccc5c4)cc3cc12.Cc1c(C)n(-c2ccc3ccc4cccc5ccc2c3c45)c2cc3ccc(-c4ccc5c(C(C)(C)C)c6ccccc6c(C(C)(C)C)c5c4)cc3cc12. The molecule has 28 aromatic rings. The molecule has 4 heterocycles. The van der Waals surface area contributed by atoms with E-state index in [1.54, 1.807) is 0 Å². The lowest BCUT2D eigenvalue weighted by atomic mass is 9.73. The molecule has 0 radical (unpaired) electrons. The van der Waals surface area contributed by atoms with E-state index in [4.69, 9.17) is 4.98 Å². The molecule has 0 bridgehead atoms. The van der Waals surface area contributed by atoms with Gasteiger partial charge in [0.1, 0.15) is 5.82 Å². The second-order valence-electron chi connectivity index (χ2n) is 41.9. The molecule has 0 spiro atoms. The summed E-state index contributed by atoms with van der Waals surface area (Å²) in [6.07, 6.45) is 0. The highest BCUT2D eigenvalue weighted by Gasteiger charge is 2.30. The minimum atomic E-state index is -0.0148. The molecule has 0 saturated carbocycles. The number of rotatable bonds is 9. The number of benzene rings is 24. The van der Waals surface area contributed by atoms with Crippen LogP contribution in [-0.4, -0.2) is 23.3 Å². The van der Waals surface area contributed by atoms with Crippen LogP contribution in [0.15, 0.2) is 431 Å². The summed E-state index contributed by atoms with van der Waals surface area (Å²) >= 11 is 0. The van der Waals surface area contributed by atoms with Gasteiger partial charge in [-0.2, -0.15) is 0 Å². The predicted molar refractivity (Wildman–Crippen MR) is 619 cm³/mol. The van der Waals surface area contributed by atoms with Gasteiger partial charge in [0.05, 0.1) is 33.3 Å². The van der Waals surface area contributed by atoms with Gasteiger partial charge in [-0.3, -0.25) is 4.57 Å². The topological polar surface area (TPSA) is 32.6 Å². The molecule has 0 amide bonds. The van der Waals surface area contributed by atoms with E-state index in [9.17, 15) is 0 Å². The molecule has 0 aliphatic rings. The van der Waals surface area contributed by atoms with E-state index in [0.717, 1.165) is 33.8 Å². The average Bonchev–Trinajstić information content (AvgIpc) is 1.18. The Morgan fingerprint density at radius 1 is 0.188 bits per heavy atom. The molecule has 5 heteroatoms. The van der Waals surface area contributed by atoms with Crippen LogP contribution in [0.3, 0.4) is 0 Å². The van der Waals surface area contributed by atoms with Crippen molar-refractivity contribution < 1.29 is 0 Å². The average molecular weight is 1850 g/mol. The number of hydrogen-bond donors (Lipinski definition) is 0. The first-order valence-electron chi connectivity index (χ1n) is 50.6. The maximum atomic E-state index is 5.07. The lowest BCUT2D eigenvalue weighted by Gasteiger charge is -2.30. The summed E-state index contributed by atoms with van der Waals surface area (Å²) in [5, 5.41) is 35.1. The first kappa shape index (κ1) is 87.0. The second kappa shape index (κ2) is 33.8. The maximum absolute atomic E-state index is 5.07. The Bertz CT molecular complexity index is 10100. The van der Waals surface area contributed by atoms with Crippen LogP contribution in [-0.2, 0) is 10.8 Å². The number of para-hydroxylation sites is 3. The van der Waals surface area contributed by atoms with Crippen molar-refractivity contribution in [3.05, 3.63) is 476 Å². The highest BCUT2D eigenvalue weighted by Crippen LogP contribution is 2.49. The van der Waals surface area contributed by atoms with E-state index < -0.39 is 0 Å². The van der Waals surface area contributed by atoms with Crippen LogP contribution in [0.4, 0.5) is 0 Å². The molecule has 4 aromatic heterocycles. The fourth-order valence-corrected chi connectivity index (χ4v) is 24.0. The number of nitrogens with zero attached hydrogens (tertiary/aromatic N) is 5. The molecule has 144 heavy (non-hydrogen) atoms. The third-order valence-electron chi connectivity index (χ3n) is 31.4. The number of hydrogen-bond acceptors (Lipinski definition) is 1. The van der Waals surface area contributed by atoms with Crippen molar-refractivity contribution in [1.82, 2.24) is 23.3 Å². The Morgan fingerprint density at radius 2 is 0.535 bits per heavy atom. The van der Waals surface area contributed by atoms with Crippen molar-refractivity contribution in [3.8, 4) is 78.6 Å². The predicted octanol–water partition coefficient (Wildman–Crippen LogP) is 38.3. The summed E-state index contributed by atoms with van der Waals surface area (Å²) in [6.45, 7) is 27.7. The Morgan fingerprint density at radius 3 is 1.06 bits per heavy atom. The van der Waals surface area contributed by atoms with Crippen LogP contribution in [0.2, 0.25) is 0 Å². The molecule has 0 atom stereocenters. The fraction of sp³-hybridized carbons (Fsp3) is 0.101. The van der Waals surface area contributed by atoms with Crippen molar-refractivity contribution in [2.45, 2.75) is 93.9 Å². The zero-order valence-corrected chi connectivity index (χ0v) is 83.2. The molecule has 688 valence electrons. The van der Waals surface area contributed by atoms with Gasteiger partial charge in [-0.25, -0.2) is 4.98 Å². The summed E-state index contributed by atoms with van der Waals surface area (Å²) in [6, 6.07) is 159. The zero-order valence-electron chi connectivity index (χ0n) is 83.2. The van der Waals surface area contributed by atoms with E-state index in [1.807, 2.05) is 6.07 Å². The van der Waals surface area contributed by atoms with Crippen molar-refractivity contribution in [2.24, 2.45) is 0 Å². The van der Waals surface area contributed by atoms with Crippen LogP contribution < -0.4 is 0 Å². The van der Waals surface area contributed by atoms with Crippen LogP contribution in [0, 0.1) is 41.5 Å². The number of aryl methyl sites for hydroxylation is 3. The van der Waals surface area contributed by atoms with Gasteiger partial charge in [0.15, 0.2) is 0 Å². The third kappa shape index (κ3) is 14.4. The number of fused-ring (bicyclic) bond motifs is 14. The Balaban J connectivity index is 0.000000111. The van der Waals surface area contributed by atoms with Crippen molar-refractivity contribution in [1.29, 1.82) is 0 Å². The standard InChI is InChI=1S/C52H45N.C44H31N.C43H31N3/c1-30-31(2)53(45-25-22-34-17-16-32-12-11-13-33-20-24-42(45)48(34)47(32)33)46-29-37-19-18-35(26-38(37)28-43(30)46)36-21-23-41-44(27-36)50(52(6,7)8)40-15-10-9-14-39(40)49(41)51(3,4)5;1-28-29(2)45(38-21-19-31(20-22-38)43-25-36-11-5-6-12-39(36)40-13-7-8-14-41(40)43)44-27-35-18-17-34(24-37(35)26-42(28)44)33-16-15-30-9-3-4-10-32(30)23-33;1-28-29(2)45(38-22-20-31(21-23-38)43-44-40-14-8-9-15-41(40)46(43)37-12-4-3-5-13-37)42-27-35-19-18-34(25-36(35)26-39(28)42)33-17-16-30-10-6-7-11-32(30)24-33/h9-29H,1-8H3;3-27H,1-2H3;3-27H,1-2H3. The van der Waals surface area contributed by atoms with E-state index >= 15 is 0 Å². The summed E-state index contributed by atoms with van der Waals surface area (Å²) in [5.74, 6) is 0.942. The second-order valence-corrected chi connectivity index (χ2v) is 41.9. The van der Waals surface area contributed by atoms with Gasteiger partial charge in [0.2, 0.25) is 0 Å². The van der Waals surface area contributed by atoms with E-state index in [-0.39, 0.29) is 10.8 Å². The minimum Gasteiger partial charge on any atom is -0.314 e. The van der Waals surface area contributed by atoms with Crippen LogP contribution in [0.25, 0.3) is 252 Å². The van der Waals surface area contributed by atoms with Crippen molar-refractivity contribution in [2.75, 3.05) is 0 Å². The molecule has 0 N–H and O–H groups in total. The van der Waals surface area contributed by atoms with E-state index in [2.05, 4.69) is 526 Å². The first-order chi connectivity index (χ1) is 70.1. The zero-order chi connectivity index (χ0) is 97.4. The number of imidazole rings is 1. The molecule has 5 nitrogen and oxygen atoms in total. The van der Waals surface area contributed by atoms with Gasteiger partial charge >= 0.3 is 0 Å². The van der Waals surface area contributed by atoms with Gasteiger partial charge in [-0.05, 0) is 394 Å². The number of aromatic nitrogens is 5. The minimum absolute atomic E-state index is 0.00804. The first-order valence-corrected chi connectivity index (χ1v) is 50.6. The summed E-state index contributed by atoms with van der Waals surface area (Å²) in [7, 11) is 0. The lowest BCUT2D eigenvalue weighted by molar-refractivity contribution is 0.593. The normalized spacial score (nSPS) is 12.2. The molecule has 24 aromatic carbocycles. The fourth-order valence-electron chi connectivity index (χ4n) is 24.0. The molecule has 0 aliphatic carbocycles. The van der Waals surface area contributed by atoms with Crippen LogP contribution in [0.1, 0.15) is 86.4 Å². The monoisotopic (exact) mass is 1850 g/mol. The van der Waals surface area contributed by atoms with Crippen LogP contribution >= 0.6 is 0 Å². The third-order valence-corrected chi connectivity index (χ3v) is 31.4. The molecule has 0 fully saturated rings. The van der Waals surface area contributed by atoms with Crippen molar-refractivity contribution >= 4 is 173 Å². The molecule has 28 rings (SSSR count). The molecular formula is C139H107N5. The van der Waals surface area contributed by atoms with Gasteiger partial charge in [-0.1, -0.05) is 327 Å². The summed E-state index contributed by atoms with van der Waals surface area (Å²) in [4.78, 5) is 5.07. The van der Waals surface area contributed by atoms with E-state index in [0.29, 0.717) is 0 Å². The van der Waals surface area contributed by atoms with Gasteiger partial charge < -0.3 is 13.7 Å². The molecule has 0 saturated heterocycles. The largest absolute Gasteiger partial charge is 0.314 e. The van der Waals surface area contributed by atoms with Crippen molar-refractivity contribution in [3.63, 3.8) is 0 Å². The van der Waals surface area contributed by atoms with E-state index in [1.165, 1.54) is 263 Å². The summed E-state index contributed by atoms with van der Waals surface area (Å²) in [5.41, 5.74) is 32.3. The van der Waals surface area contributed by atoms with Gasteiger partial charge in [0.25, 0.3) is 0 Å². The highest BCUT2D eigenvalue weighted by atomic mass is 15.1. The Kier molecular flexibility index (Phi) is 20.4. The van der Waals surface area contributed by atoms with Crippen LogP contribution in [0.5, 0.6) is 0 Å². The summed E-state index contributed by atoms with van der Waals surface area (Å²) < 4.78 is 9.57. The molecule has 0 aliphatic heterocycles. The lowest BCUT2D eigenvalue weighted by Crippen LogP contribution is -2.17. The quantitative estimate of drug-likeness (QED) is 0.105. The Hall–Kier alpha value is -17.3. The van der Waals surface area contributed by atoms with Gasteiger partial charge in [-0.15, -0.1) is 0 Å². The maximum Gasteiger partial charge on any atom is 0.145 e. The smallest absolute Gasteiger partial charge is 0.145 e. The molecule has 0 unspecified atom stereocenters. The highest BCUT2D eigenvalue weighted by molar-refractivity contribution is 6.25. The van der Waals surface area contributed by atoms with Gasteiger partial charge in [0, 0.05) is 61.3 Å². The molecular weight excluding hydrogens is 1740 g/mol. The Labute approximate surface area is 838 Å².